The topological polar surface area (TPSA) is 96.9 Å². The molecule has 28 heavy (non-hydrogen) atoms. The maximum Gasteiger partial charge on any atom is 0.333 e. The van der Waals surface area contributed by atoms with E-state index in [1.807, 2.05) is 0 Å². The van der Waals surface area contributed by atoms with Gasteiger partial charge in [-0.1, -0.05) is 23.7 Å². The molecule has 0 aromatic heterocycles. The number of carboxylic acids is 1. The SMILES string of the molecule is CCOC(Cc1ccc(OCC2NC(=O)c3cc(Cl)ccc3N2)cc1)C(=O)O. The van der Waals surface area contributed by atoms with E-state index in [1.54, 1.807) is 49.4 Å². The predicted molar refractivity (Wildman–Crippen MR) is 105 cm³/mol. The van der Waals surface area contributed by atoms with Crippen LogP contribution >= 0.6 is 11.6 Å². The summed E-state index contributed by atoms with van der Waals surface area (Å²) < 4.78 is 11.0. The summed E-state index contributed by atoms with van der Waals surface area (Å²) in [5.41, 5.74) is 2.03. The molecular weight excluding hydrogens is 384 g/mol. The van der Waals surface area contributed by atoms with Crippen LogP contribution in [0.5, 0.6) is 5.75 Å². The van der Waals surface area contributed by atoms with Crippen LogP contribution in [0.4, 0.5) is 5.69 Å². The normalized spacial score (nSPS) is 16.5. The van der Waals surface area contributed by atoms with E-state index in [2.05, 4.69) is 10.6 Å². The van der Waals surface area contributed by atoms with Crippen molar-refractivity contribution in [3.05, 3.63) is 58.6 Å². The fourth-order valence-corrected chi connectivity index (χ4v) is 3.08. The van der Waals surface area contributed by atoms with Gasteiger partial charge in [0.25, 0.3) is 5.91 Å². The number of anilines is 1. The molecule has 148 valence electrons. The van der Waals surface area contributed by atoms with E-state index < -0.39 is 12.1 Å². The number of hydrogen-bond acceptors (Lipinski definition) is 5. The van der Waals surface area contributed by atoms with Crippen LogP contribution in [0.15, 0.2) is 42.5 Å². The Hall–Kier alpha value is -2.77. The molecule has 2 aromatic carbocycles. The molecule has 1 amide bonds. The van der Waals surface area contributed by atoms with Gasteiger partial charge in [-0.05, 0) is 42.8 Å². The molecule has 0 fully saturated rings. The Balaban J connectivity index is 1.56. The highest BCUT2D eigenvalue weighted by molar-refractivity contribution is 6.31. The largest absolute Gasteiger partial charge is 0.489 e. The monoisotopic (exact) mass is 404 g/mol. The summed E-state index contributed by atoms with van der Waals surface area (Å²) >= 11 is 5.93. The minimum Gasteiger partial charge on any atom is -0.489 e. The fourth-order valence-electron chi connectivity index (χ4n) is 2.91. The van der Waals surface area contributed by atoms with Gasteiger partial charge in [0, 0.05) is 23.7 Å². The molecule has 2 aromatic rings. The summed E-state index contributed by atoms with van der Waals surface area (Å²) in [5, 5.41) is 15.7. The molecule has 1 aliphatic rings. The number of ether oxygens (including phenoxy) is 2. The van der Waals surface area contributed by atoms with E-state index in [0.29, 0.717) is 28.6 Å². The van der Waals surface area contributed by atoms with Gasteiger partial charge < -0.3 is 25.2 Å². The summed E-state index contributed by atoms with van der Waals surface area (Å²) in [7, 11) is 0. The molecule has 7 nitrogen and oxygen atoms in total. The molecular formula is C20H21ClN2O5. The first-order chi connectivity index (χ1) is 13.5. The average molecular weight is 405 g/mol. The van der Waals surface area contributed by atoms with Gasteiger partial charge >= 0.3 is 5.97 Å². The summed E-state index contributed by atoms with van der Waals surface area (Å²) in [6, 6.07) is 12.2. The lowest BCUT2D eigenvalue weighted by atomic mass is 10.1. The molecule has 1 heterocycles. The molecule has 8 heteroatoms. The number of halogens is 1. The van der Waals surface area contributed by atoms with Gasteiger partial charge in [0.2, 0.25) is 0 Å². The first kappa shape index (κ1) is 20.0. The van der Waals surface area contributed by atoms with Crippen LogP contribution in [-0.2, 0) is 16.0 Å². The van der Waals surface area contributed by atoms with Crippen LogP contribution in [0, 0.1) is 0 Å². The Kier molecular flexibility index (Phi) is 6.38. The van der Waals surface area contributed by atoms with Gasteiger partial charge in [-0.3, -0.25) is 4.79 Å². The third-order valence-electron chi connectivity index (χ3n) is 4.27. The first-order valence-electron chi connectivity index (χ1n) is 8.89. The number of nitrogens with one attached hydrogen (secondary N) is 2. The van der Waals surface area contributed by atoms with E-state index >= 15 is 0 Å². The number of carboxylic acid groups (broad SMARTS) is 1. The van der Waals surface area contributed by atoms with Crippen molar-refractivity contribution in [2.45, 2.75) is 25.6 Å². The zero-order chi connectivity index (χ0) is 20.1. The third-order valence-corrected chi connectivity index (χ3v) is 4.50. The maximum atomic E-state index is 12.2. The number of aliphatic carboxylic acids is 1. The lowest BCUT2D eigenvalue weighted by Gasteiger charge is -2.27. The van der Waals surface area contributed by atoms with Crippen LogP contribution in [0.2, 0.25) is 5.02 Å². The number of fused-ring (bicyclic) bond motifs is 1. The van der Waals surface area contributed by atoms with Crippen LogP contribution in [0.1, 0.15) is 22.8 Å². The highest BCUT2D eigenvalue weighted by Gasteiger charge is 2.24. The summed E-state index contributed by atoms with van der Waals surface area (Å²) in [6.07, 6.45) is -0.967. The highest BCUT2D eigenvalue weighted by atomic mass is 35.5. The Labute approximate surface area is 167 Å². The third kappa shape index (κ3) is 4.94. The van der Waals surface area contributed by atoms with E-state index in [9.17, 15) is 9.59 Å². The number of carbonyl (C=O) groups excluding carboxylic acids is 1. The van der Waals surface area contributed by atoms with Crippen LogP contribution in [0.25, 0.3) is 0 Å². The average Bonchev–Trinajstić information content (AvgIpc) is 2.67. The van der Waals surface area contributed by atoms with Crippen molar-refractivity contribution in [1.29, 1.82) is 0 Å². The van der Waals surface area contributed by atoms with E-state index in [4.69, 9.17) is 26.2 Å². The minimum absolute atomic E-state index is 0.212. The van der Waals surface area contributed by atoms with Crippen LogP contribution in [-0.4, -0.2) is 42.5 Å². The molecule has 2 atom stereocenters. The van der Waals surface area contributed by atoms with E-state index in [1.165, 1.54) is 0 Å². The first-order valence-corrected chi connectivity index (χ1v) is 9.27. The lowest BCUT2D eigenvalue weighted by molar-refractivity contribution is -0.149. The molecule has 0 spiro atoms. The predicted octanol–water partition coefficient (Wildman–Crippen LogP) is 2.93. The van der Waals surface area contributed by atoms with Crippen molar-refractivity contribution < 1.29 is 24.2 Å². The van der Waals surface area contributed by atoms with Gasteiger partial charge in [0.15, 0.2) is 6.10 Å². The standard InChI is InChI=1S/C20H21ClN2O5/c1-2-27-17(20(25)26)9-12-3-6-14(7-4-12)28-11-18-22-16-8-5-13(21)10-15(16)19(24)23-18/h3-8,10,17-18,22H,2,9,11H2,1H3,(H,23,24)(H,25,26). The highest BCUT2D eigenvalue weighted by Crippen LogP contribution is 2.24. The minimum atomic E-state index is -0.983. The molecule has 3 N–H and O–H groups in total. The summed E-state index contributed by atoms with van der Waals surface area (Å²) in [6.45, 7) is 2.33. The van der Waals surface area contributed by atoms with Crippen molar-refractivity contribution >= 4 is 29.2 Å². The number of carbonyl (C=O) groups is 2. The zero-order valence-corrected chi connectivity index (χ0v) is 16.0. The van der Waals surface area contributed by atoms with Gasteiger partial charge in [0.05, 0.1) is 5.56 Å². The van der Waals surface area contributed by atoms with Crippen molar-refractivity contribution in [3.8, 4) is 5.75 Å². The van der Waals surface area contributed by atoms with Crippen molar-refractivity contribution in [2.24, 2.45) is 0 Å². The number of rotatable bonds is 8. The van der Waals surface area contributed by atoms with Gasteiger partial charge in [-0.2, -0.15) is 0 Å². The Morgan fingerprint density at radius 3 is 2.64 bits per heavy atom. The molecule has 0 radical (unpaired) electrons. The van der Waals surface area contributed by atoms with Gasteiger partial charge in [0.1, 0.15) is 18.5 Å². The molecule has 0 bridgehead atoms. The van der Waals surface area contributed by atoms with Crippen LogP contribution < -0.4 is 15.4 Å². The number of benzene rings is 2. The molecule has 0 aliphatic carbocycles. The molecule has 2 unspecified atom stereocenters. The second kappa shape index (κ2) is 8.95. The smallest absolute Gasteiger partial charge is 0.333 e. The second-order valence-electron chi connectivity index (χ2n) is 6.30. The van der Waals surface area contributed by atoms with Crippen molar-refractivity contribution in [1.82, 2.24) is 5.32 Å². The van der Waals surface area contributed by atoms with Gasteiger partial charge in [-0.15, -0.1) is 0 Å². The molecule has 3 rings (SSSR count). The van der Waals surface area contributed by atoms with Crippen molar-refractivity contribution in [2.75, 3.05) is 18.5 Å². The molecule has 0 saturated carbocycles. The number of amides is 1. The summed E-state index contributed by atoms with van der Waals surface area (Å²) in [4.78, 5) is 23.4. The Bertz CT molecular complexity index is 856. The van der Waals surface area contributed by atoms with Gasteiger partial charge in [-0.25, -0.2) is 4.79 Å². The fraction of sp³-hybridized carbons (Fsp3) is 0.300. The van der Waals surface area contributed by atoms with Crippen molar-refractivity contribution in [3.63, 3.8) is 0 Å². The van der Waals surface area contributed by atoms with E-state index in [-0.39, 0.29) is 25.1 Å². The summed E-state index contributed by atoms with van der Waals surface area (Å²) in [5.74, 6) is -0.580. The number of hydrogen-bond donors (Lipinski definition) is 3. The van der Waals surface area contributed by atoms with Crippen LogP contribution in [0.3, 0.4) is 0 Å². The quantitative estimate of drug-likeness (QED) is 0.626. The molecule has 1 aliphatic heterocycles. The molecule has 0 saturated heterocycles. The zero-order valence-electron chi connectivity index (χ0n) is 15.3. The van der Waals surface area contributed by atoms with E-state index in [0.717, 1.165) is 5.56 Å². The lowest BCUT2D eigenvalue weighted by Crippen LogP contribution is -2.48. The second-order valence-corrected chi connectivity index (χ2v) is 6.74. The Morgan fingerprint density at radius 1 is 1.21 bits per heavy atom. The maximum absolute atomic E-state index is 12.2. The Morgan fingerprint density at radius 2 is 1.96 bits per heavy atom.